The minimum atomic E-state index is -4.23. The molecule has 1 fully saturated rings. The molecule has 1 amide bonds. The second-order valence-corrected chi connectivity index (χ2v) is 4.44. The van der Waals surface area contributed by atoms with Crippen LogP contribution in [0.25, 0.3) is 0 Å². The number of hydrogen-bond acceptors (Lipinski definition) is 1. The molecule has 0 aliphatic heterocycles. The summed E-state index contributed by atoms with van der Waals surface area (Å²) in [6.45, 7) is 1.35. The van der Waals surface area contributed by atoms with Crippen molar-refractivity contribution < 1.29 is 18.0 Å². The lowest BCUT2D eigenvalue weighted by molar-refractivity contribution is -0.181. The Kier molecular flexibility index (Phi) is 3.87. The maximum absolute atomic E-state index is 12.4. The lowest BCUT2D eigenvalue weighted by Gasteiger charge is -2.33. The maximum Gasteiger partial charge on any atom is 0.393 e. The van der Waals surface area contributed by atoms with Crippen LogP contribution in [0.15, 0.2) is 0 Å². The Morgan fingerprint density at radius 3 is 2.40 bits per heavy atom. The van der Waals surface area contributed by atoms with Gasteiger partial charge in [-0.15, -0.1) is 11.6 Å². The average Bonchev–Trinajstić information content (AvgIpc) is 1.99. The Labute approximate surface area is 91.2 Å². The fraction of sp³-hybridized carbons (Fsp3) is 0.889. The molecule has 3 atom stereocenters. The van der Waals surface area contributed by atoms with Crippen LogP contribution < -0.4 is 5.32 Å². The van der Waals surface area contributed by atoms with E-state index in [1.165, 1.54) is 6.92 Å². The third-order valence-electron chi connectivity index (χ3n) is 2.60. The zero-order chi connectivity index (χ0) is 11.6. The molecule has 15 heavy (non-hydrogen) atoms. The number of halogens is 4. The maximum atomic E-state index is 12.4. The molecule has 3 unspecified atom stereocenters. The summed E-state index contributed by atoms with van der Waals surface area (Å²) >= 11 is 5.67. The number of nitrogens with one attached hydrogen (secondary N) is 1. The van der Waals surface area contributed by atoms with Gasteiger partial charge >= 0.3 is 6.18 Å². The molecule has 0 spiro atoms. The molecule has 0 saturated heterocycles. The van der Waals surface area contributed by atoms with E-state index in [1.54, 1.807) is 0 Å². The number of rotatable bonds is 1. The van der Waals surface area contributed by atoms with E-state index in [-0.39, 0.29) is 24.8 Å². The lowest BCUT2D eigenvalue weighted by Crippen LogP contribution is -2.44. The molecule has 0 heterocycles. The first-order valence-corrected chi connectivity index (χ1v) is 5.22. The number of hydrogen-bond donors (Lipinski definition) is 1. The summed E-state index contributed by atoms with van der Waals surface area (Å²) in [5.74, 6) is -1.67. The van der Waals surface area contributed by atoms with Crippen molar-refractivity contribution in [2.75, 3.05) is 0 Å². The SMILES string of the molecule is CC(=O)NC1CCC(C(F)(F)F)C(Cl)C1. The highest BCUT2D eigenvalue weighted by molar-refractivity contribution is 6.20. The summed E-state index contributed by atoms with van der Waals surface area (Å²) in [5, 5.41) is 1.66. The van der Waals surface area contributed by atoms with Crippen molar-refractivity contribution in [3.05, 3.63) is 0 Å². The molecule has 88 valence electrons. The highest BCUT2D eigenvalue weighted by atomic mass is 35.5. The summed E-state index contributed by atoms with van der Waals surface area (Å²) in [4.78, 5) is 10.7. The second kappa shape index (κ2) is 4.60. The van der Waals surface area contributed by atoms with E-state index in [0.29, 0.717) is 6.42 Å². The van der Waals surface area contributed by atoms with Crippen LogP contribution in [-0.2, 0) is 4.79 Å². The van der Waals surface area contributed by atoms with Gasteiger partial charge in [-0.1, -0.05) is 0 Å². The van der Waals surface area contributed by atoms with Gasteiger partial charge in [0.1, 0.15) is 0 Å². The van der Waals surface area contributed by atoms with Crippen LogP contribution in [0.3, 0.4) is 0 Å². The zero-order valence-corrected chi connectivity index (χ0v) is 9.03. The van der Waals surface area contributed by atoms with Crippen molar-refractivity contribution in [1.29, 1.82) is 0 Å². The fourth-order valence-electron chi connectivity index (χ4n) is 1.90. The summed E-state index contributed by atoms with van der Waals surface area (Å²) in [7, 11) is 0. The summed E-state index contributed by atoms with van der Waals surface area (Å²) in [6.07, 6.45) is -3.71. The van der Waals surface area contributed by atoms with Crippen molar-refractivity contribution in [3.8, 4) is 0 Å². The third kappa shape index (κ3) is 3.55. The molecule has 1 N–H and O–H groups in total. The first-order chi connectivity index (χ1) is 6.80. The standard InChI is InChI=1S/C9H13ClF3NO/c1-5(15)14-6-2-3-7(8(10)4-6)9(11,12)13/h6-8H,2-4H2,1H3,(H,14,15). The predicted octanol–water partition coefficient (Wildman–Crippen LogP) is 2.46. The van der Waals surface area contributed by atoms with Crippen LogP contribution in [0.2, 0.25) is 0 Å². The van der Waals surface area contributed by atoms with Gasteiger partial charge in [0.2, 0.25) is 5.91 Å². The van der Waals surface area contributed by atoms with Crippen molar-refractivity contribution in [1.82, 2.24) is 5.32 Å². The molecule has 1 saturated carbocycles. The molecule has 0 aromatic carbocycles. The van der Waals surface area contributed by atoms with Crippen molar-refractivity contribution >= 4 is 17.5 Å². The van der Waals surface area contributed by atoms with Gasteiger partial charge in [0.15, 0.2) is 0 Å². The monoisotopic (exact) mass is 243 g/mol. The van der Waals surface area contributed by atoms with Crippen LogP contribution in [0.5, 0.6) is 0 Å². The Morgan fingerprint density at radius 1 is 1.40 bits per heavy atom. The molecule has 1 rings (SSSR count). The first-order valence-electron chi connectivity index (χ1n) is 4.78. The van der Waals surface area contributed by atoms with E-state index in [9.17, 15) is 18.0 Å². The van der Waals surface area contributed by atoms with Gasteiger partial charge in [0.05, 0.1) is 5.92 Å². The Morgan fingerprint density at radius 2 is 2.00 bits per heavy atom. The van der Waals surface area contributed by atoms with E-state index < -0.39 is 17.5 Å². The van der Waals surface area contributed by atoms with Crippen LogP contribution >= 0.6 is 11.6 Å². The van der Waals surface area contributed by atoms with Gasteiger partial charge in [-0.2, -0.15) is 13.2 Å². The van der Waals surface area contributed by atoms with E-state index in [1.807, 2.05) is 0 Å². The fourth-order valence-corrected chi connectivity index (χ4v) is 2.39. The second-order valence-electron chi connectivity index (χ2n) is 3.87. The van der Waals surface area contributed by atoms with Gasteiger partial charge < -0.3 is 5.32 Å². The van der Waals surface area contributed by atoms with Crippen LogP contribution in [-0.4, -0.2) is 23.5 Å². The van der Waals surface area contributed by atoms with Crippen LogP contribution in [0, 0.1) is 5.92 Å². The summed E-state index contributed by atoms with van der Waals surface area (Å²) in [5.41, 5.74) is 0. The predicted molar refractivity (Wildman–Crippen MR) is 50.6 cm³/mol. The Balaban J connectivity index is 2.51. The number of carbonyl (C=O) groups excluding carboxylic acids is 1. The van der Waals surface area contributed by atoms with Crippen molar-refractivity contribution in [2.24, 2.45) is 5.92 Å². The number of alkyl halides is 4. The molecule has 1 aliphatic carbocycles. The molecule has 2 nitrogen and oxygen atoms in total. The van der Waals surface area contributed by atoms with E-state index >= 15 is 0 Å². The van der Waals surface area contributed by atoms with Gasteiger partial charge in [-0.05, 0) is 19.3 Å². The van der Waals surface area contributed by atoms with Crippen LogP contribution in [0.4, 0.5) is 13.2 Å². The molecular weight excluding hydrogens is 231 g/mol. The molecule has 0 aromatic rings. The molecule has 0 bridgehead atoms. The molecule has 0 aromatic heterocycles. The number of amides is 1. The summed E-state index contributed by atoms with van der Waals surface area (Å²) < 4.78 is 37.2. The van der Waals surface area contributed by atoms with E-state index in [4.69, 9.17) is 11.6 Å². The van der Waals surface area contributed by atoms with Gasteiger partial charge in [0.25, 0.3) is 0 Å². The lowest BCUT2D eigenvalue weighted by atomic mass is 9.85. The number of carbonyl (C=O) groups is 1. The highest BCUT2D eigenvalue weighted by Crippen LogP contribution is 2.40. The minimum Gasteiger partial charge on any atom is -0.354 e. The quantitative estimate of drug-likeness (QED) is 0.705. The molecule has 6 heteroatoms. The van der Waals surface area contributed by atoms with Crippen LogP contribution in [0.1, 0.15) is 26.2 Å². The van der Waals surface area contributed by atoms with Gasteiger partial charge in [-0.3, -0.25) is 4.79 Å². The Bertz CT molecular complexity index is 244. The van der Waals surface area contributed by atoms with E-state index in [2.05, 4.69) is 5.32 Å². The molecule has 1 aliphatic rings. The zero-order valence-electron chi connectivity index (χ0n) is 8.27. The minimum absolute atomic E-state index is 0.0113. The van der Waals surface area contributed by atoms with Crippen molar-refractivity contribution in [3.63, 3.8) is 0 Å². The van der Waals surface area contributed by atoms with Crippen molar-refractivity contribution in [2.45, 2.75) is 43.8 Å². The van der Waals surface area contributed by atoms with E-state index in [0.717, 1.165) is 0 Å². The largest absolute Gasteiger partial charge is 0.393 e. The topological polar surface area (TPSA) is 29.1 Å². The Hall–Kier alpha value is -0.450. The molecule has 0 radical (unpaired) electrons. The third-order valence-corrected chi connectivity index (χ3v) is 3.08. The average molecular weight is 244 g/mol. The summed E-state index contributed by atoms with van der Waals surface area (Å²) in [6, 6.07) is -0.219. The van der Waals surface area contributed by atoms with Gasteiger partial charge in [0, 0.05) is 18.3 Å². The first kappa shape index (κ1) is 12.6. The van der Waals surface area contributed by atoms with Gasteiger partial charge in [-0.25, -0.2) is 0 Å². The normalized spacial score (nSPS) is 32.5. The smallest absolute Gasteiger partial charge is 0.354 e. The highest BCUT2D eigenvalue weighted by Gasteiger charge is 2.46. The molecular formula is C9H13ClF3NO.